The van der Waals surface area contributed by atoms with E-state index >= 15 is 0 Å². The van der Waals surface area contributed by atoms with E-state index in [1.807, 2.05) is 18.7 Å². The van der Waals surface area contributed by atoms with Crippen molar-refractivity contribution in [3.8, 4) is 5.75 Å². The molecule has 0 radical (unpaired) electrons. The van der Waals surface area contributed by atoms with E-state index in [1.54, 1.807) is 24.3 Å². The van der Waals surface area contributed by atoms with E-state index in [2.05, 4.69) is 0 Å². The number of carbonyl (C=O) groups excluding carboxylic acids is 1. The van der Waals surface area contributed by atoms with Crippen LogP contribution in [-0.4, -0.2) is 44.2 Å². The molecular formula is C18H27NO4S. The maximum atomic E-state index is 12.4. The molecule has 0 aliphatic carbocycles. The Morgan fingerprint density at radius 2 is 1.67 bits per heavy atom. The second-order valence-corrected chi connectivity index (χ2v) is 8.61. The highest BCUT2D eigenvalue weighted by atomic mass is 32.2. The Balaban J connectivity index is 1.93. The largest absolute Gasteiger partial charge is 0.491 e. The summed E-state index contributed by atoms with van der Waals surface area (Å²) in [4.78, 5) is 14.3. The minimum atomic E-state index is -3.45. The Hall–Kier alpha value is -1.56. The van der Waals surface area contributed by atoms with E-state index in [9.17, 15) is 13.2 Å². The van der Waals surface area contributed by atoms with Crippen molar-refractivity contribution in [2.75, 3.05) is 18.8 Å². The molecule has 1 aliphatic rings. The SMILES string of the molecule is CC(C)Oc1ccc(S(=O)(=O)CCC(=O)N2CCCCCC2)cc1. The lowest BCUT2D eigenvalue weighted by atomic mass is 10.2. The molecular weight excluding hydrogens is 326 g/mol. The second-order valence-electron chi connectivity index (χ2n) is 6.50. The molecule has 1 aromatic carbocycles. The summed E-state index contributed by atoms with van der Waals surface area (Å²) in [6, 6.07) is 6.40. The first-order valence-corrected chi connectivity index (χ1v) is 10.3. The van der Waals surface area contributed by atoms with Crippen molar-refractivity contribution in [2.24, 2.45) is 0 Å². The molecule has 2 rings (SSSR count). The predicted molar refractivity (Wildman–Crippen MR) is 93.9 cm³/mol. The third kappa shape index (κ3) is 5.51. The fraction of sp³-hybridized carbons (Fsp3) is 0.611. The molecule has 0 aromatic heterocycles. The quantitative estimate of drug-likeness (QED) is 0.788. The molecule has 24 heavy (non-hydrogen) atoms. The average Bonchev–Trinajstić information content (AvgIpc) is 2.82. The first-order valence-electron chi connectivity index (χ1n) is 8.66. The third-order valence-corrected chi connectivity index (χ3v) is 5.83. The van der Waals surface area contributed by atoms with Crippen LogP contribution in [0.25, 0.3) is 0 Å². The zero-order valence-corrected chi connectivity index (χ0v) is 15.3. The zero-order valence-electron chi connectivity index (χ0n) is 14.5. The van der Waals surface area contributed by atoms with Gasteiger partial charge in [0.25, 0.3) is 0 Å². The highest BCUT2D eigenvalue weighted by Crippen LogP contribution is 2.19. The van der Waals surface area contributed by atoms with Gasteiger partial charge in [-0.3, -0.25) is 4.79 Å². The molecule has 1 aliphatic heterocycles. The predicted octanol–water partition coefficient (Wildman–Crippen LogP) is 3.04. The van der Waals surface area contributed by atoms with Crippen LogP contribution in [0.15, 0.2) is 29.2 Å². The Bertz CT molecular complexity index is 629. The molecule has 1 amide bonds. The Kier molecular flexibility index (Phi) is 6.66. The van der Waals surface area contributed by atoms with Gasteiger partial charge in [0.15, 0.2) is 9.84 Å². The van der Waals surface area contributed by atoms with Gasteiger partial charge in [-0.05, 0) is 51.0 Å². The third-order valence-electron chi connectivity index (χ3n) is 4.10. The van der Waals surface area contributed by atoms with Crippen LogP contribution in [0.4, 0.5) is 0 Å². The maximum Gasteiger partial charge on any atom is 0.223 e. The summed E-state index contributed by atoms with van der Waals surface area (Å²) in [5.74, 6) is 0.442. The smallest absolute Gasteiger partial charge is 0.223 e. The van der Waals surface area contributed by atoms with Crippen molar-refractivity contribution in [2.45, 2.75) is 57.0 Å². The van der Waals surface area contributed by atoms with Gasteiger partial charge in [0.1, 0.15) is 5.75 Å². The van der Waals surface area contributed by atoms with Gasteiger partial charge in [0.2, 0.25) is 5.91 Å². The number of nitrogens with zero attached hydrogens (tertiary/aromatic N) is 1. The molecule has 0 spiro atoms. The van der Waals surface area contributed by atoms with E-state index in [-0.39, 0.29) is 29.1 Å². The molecule has 0 saturated carbocycles. The van der Waals surface area contributed by atoms with E-state index < -0.39 is 9.84 Å². The molecule has 5 nitrogen and oxygen atoms in total. The lowest BCUT2D eigenvalue weighted by molar-refractivity contribution is -0.130. The van der Waals surface area contributed by atoms with Crippen LogP contribution in [0.2, 0.25) is 0 Å². The van der Waals surface area contributed by atoms with Crippen molar-refractivity contribution < 1.29 is 17.9 Å². The number of ether oxygens (including phenoxy) is 1. The summed E-state index contributed by atoms with van der Waals surface area (Å²) >= 11 is 0. The van der Waals surface area contributed by atoms with E-state index in [0.29, 0.717) is 5.75 Å². The van der Waals surface area contributed by atoms with E-state index in [1.165, 1.54) is 0 Å². The number of amides is 1. The summed E-state index contributed by atoms with van der Waals surface area (Å²) in [7, 11) is -3.45. The van der Waals surface area contributed by atoms with Gasteiger partial charge in [-0.25, -0.2) is 8.42 Å². The highest BCUT2D eigenvalue weighted by molar-refractivity contribution is 7.91. The highest BCUT2D eigenvalue weighted by Gasteiger charge is 2.20. The van der Waals surface area contributed by atoms with Gasteiger partial charge in [0, 0.05) is 19.5 Å². The van der Waals surface area contributed by atoms with Crippen molar-refractivity contribution in [3.63, 3.8) is 0 Å². The number of likely N-dealkylation sites (tertiary alicyclic amines) is 1. The molecule has 6 heteroatoms. The molecule has 1 heterocycles. The number of carbonyl (C=O) groups is 1. The second kappa shape index (κ2) is 8.51. The molecule has 0 unspecified atom stereocenters. The number of hydrogen-bond acceptors (Lipinski definition) is 4. The fourth-order valence-electron chi connectivity index (χ4n) is 2.82. The molecule has 0 bridgehead atoms. The Morgan fingerprint density at radius 1 is 1.08 bits per heavy atom. The lowest BCUT2D eigenvalue weighted by Crippen LogP contribution is -2.33. The van der Waals surface area contributed by atoms with Crippen LogP contribution >= 0.6 is 0 Å². The lowest BCUT2D eigenvalue weighted by Gasteiger charge is -2.20. The van der Waals surface area contributed by atoms with Crippen molar-refractivity contribution in [1.29, 1.82) is 0 Å². The van der Waals surface area contributed by atoms with Gasteiger partial charge < -0.3 is 9.64 Å². The van der Waals surface area contributed by atoms with Gasteiger partial charge in [-0.2, -0.15) is 0 Å². The van der Waals surface area contributed by atoms with Gasteiger partial charge in [-0.1, -0.05) is 12.8 Å². The fourth-order valence-corrected chi connectivity index (χ4v) is 4.05. The van der Waals surface area contributed by atoms with Crippen LogP contribution in [0, 0.1) is 0 Å². The Morgan fingerprint density at radius 3 is 2.21 bits per heavy atom. The minimum absolute atomic E-state index is 0.0405. The number of sulfone groups is 1. The molecule has 1 aromatic rings. The first kappa shape index (κ1) is 18.8. The first-order chi connectivity index (χ1) is 11.4. The monoisotopic (exact) mass is 353 g/mol. The normalized spacial score (nSPS) is 16.0. The van der Waals surface area contributed by atoms with Crippen LogP contribution in [0.1, 0.15) is 46.0 Å². The minimum Gasteiger partial charge on any atom is -0.491 e. The maximum absolute atomic E-state index is 12.4. The summed E-state index contributed by atoms with van der Waals surface area (Å²) in [6.45, 7) is 5.33. The van der Waals surface area contributed by atoms with Crippen molar-refractivity contribution >= 4 is 15.7 Å². The summed E-state index contributed by atoms with van der Waals surface area (Å²) < 4.78 is 30.3. The number of rotatable bonds is 6. The molecule has 1 saturated heterocycles. The van der Waals surface area contributed by atoms with Crippen LogP contribution in [0.5, 0.6) is 5.75 Å². The van der Waals surface area contributed by atoms with Gasteiger partial charge in [-0.15, -0.1) is 0 Å². The average molecular weight is 353 g/mol. The number of hydrogen-bond donors (Lipinski definition) is 0. The van der Waals surface area contributed by atoms with Gasteiger partial charge >= 0.3 is 0 Å². The van der Waals surface area contributed by atoms with Crippen molar-refractivity contribution in [1.82, 2.24) is 4.90 Å². The molecule has 134 valence electrons. The summed E-state index contributed by atoms with van der Waals surface area (Å²) in [6.07, 6.45) is 4.40. The molecule has 1 fully saturated rings. The number of benzene rings is 1. The standard InChI is InChI=1S/C18H27NO4S/c1-15(2)23-16-7-9-17(10-8-16)24(21,22)14-11-18(20)19-12-5-3-4-6-13-19/h7-10,15H,3-6,11-14H2,1-2H3. The summed E-state index contributed by atoms with van der Waals surface area (Å²) in [5, 5.41) is 0. The van der Waals surface area contributed by atoms with E-state index in [4.69, 9.17) is 4.74 Å². The summed E-state index contributed by atoms with van der Waals surface area (Å²) in [5.41, 5.74) is 0. The topological polar surface area (TPSA) is 63.7 Å². The molecule has 0 atom stereocenters. The zero-order chi connectivity index (χ0) is 17.6. The van der Waals surface area contributed by atoms with Gasteiger partial charge in [0.05, 0.1) is 16.8 Å². The van der Waals surface area contributed by atoms with Crippen molar-refractivity contribution in [3.05, 3.63) is 24.3 Å². The van der Waals surface area contributed by atoms with Crippen LogP contribution < -0.4 is 4.74 Å². The Labute approximate surface area is 144 Å². The van der Waals surface area contributed by atoms with Crippen LogP contribution in [0.3, 0.4) is 0 Å². The van der Waals surface area contributed by atoms with Crippen LogP contribution in [-0.2, 0) is 14.6 Å². The molecule has 0 N–H and O–H groups in total. The van der Waals surface area contributed by atoms with E-state index in [0.717, 1.165) is 38.8 Å².